The number of hydrogen-bond donors (Lipinski definition) is 2. The van der Waals surface area contributed by atoms with E-state index < -0.39 is 0 Å². The van der Waals surface area contributed by atoms with Gasteiger partial charge in [0.15, 0.2) is 0 Å². The van der Waals surface area contributed by atoms with Gasteiger partial charge >= 0.3 is 0 Å². The van der Waals surface area contributed by atoms with Gasteiger partial charge in [-0.2, -0.15) is 0 Å². The number of rotatable bonds is 4. The Kier molecular flexibility index (Phi) is 3.84. The number of fused-ring (bicyclic) bond motifs is 1. The van der Waals surface area contributed by atoms with Crippen molar-refractivity contribution in [3.05, 3.63) is 72.1 Å². The fraction of sp³-hybridized carbons (Fsp3) is 0.167. The van der Waals surface area contributed by atoms with Crippen LogP contribution in [0.2, 0.25) is 0 Å². The first-order valence-corrected chi connectivity index (χ1v) is 7.08. The standard InChI is InChI=1S/C18H18N2O/c1-13(15-6-4-10-19-11-15)20-12-17-16-7-3-2-5-14(16)8-9-18(17)21/h2-11,13,20-21H,12H2,1H3/t13-/m0/s1. The number of nitrogens with one attached hydrogen (secondary N) is 1. The van der Waals surface area contributed by atoms with E-state index in [1.807, 2.05) is 42.6 Å². The van der Waals surface area contributed by atoms with Crippen LogP contribution in [0.25, 0.3) is 10.8 Å². The molecule has 0 spiro atoms. The van der Waals surface area contributed by atoms with Crippen LogP contribution in [0.5, 0.6) is 5.75 Å². The van der Waals surface area contributed by atoms with E-state index in [0.717, 1.165) is 21.9 Å². The molecule has 0 unspecified atom stereocenters. The molecule has 0 saturated heterocycles. The molecule has 3 heteroatoms. The van der Waals surface area contributed by atoms with E-state index in [-0.39, 0.29) is 6.04 Å². The van der Waals surface area contributed by atoms with Crippen molar-refractivity contribution in [2.24, 2.45) is 0 Å². The number of phenolic OH excluding ortho intramolecular Hbond substituents is 1. The zero-order valence-corrected chi connectivity index (χ0v) is 12.0. The average molecular weight is 278 g/mol. The molecule has 1 aromatic heterocycles. The number of phenols is 1. The Labute approximate surface area is 124 Å². The van der Waals surface area contributed by atoms with E-state index in [1.165, 1.54) is 0 Å². The van der Waals surface area contributed by atoms with Gasteiger partial charge in [0.1, 0.15) is 5.75 Å². The summed E-state index contributed by atoms with van der Waals surface area (Å²) in [4.78, 5) is 4.14. The number of aromatic hydroxyl groups is 1. The Bertz CT molecular complexity index is 741. The van der Waals surface area contributed by atoms with E-state index in [4.69, 9.17) is 0 Å². The highest BCUT2D eigenvalue weighted by atomic mass is 16.3. The normalized spacial score (nSPS) is 12.4. The first kappa shape index (κ1) is 13.6. The molecule has 0 radical (unpaired) electrons. The lowest BCUT2D eigenvalue weighted by Crippen LogP contribution is -2.18. The Balaban J connectivity index is 1.84. The van der Waals surface area contributed by atoms with Gasteiger partial charge in [-0.1, -0.05) is 36.4 Å². The van der Waals surface area contributed by atoms with Crippen LogP contribution in [0.15, 0.2) is 60.9 Å². The van der Waals surface area contributed by atoms with Crippen molar-refractivity contribution in [2.75, 3.05) is 0 Å². The molecule has 1 atom stereocenters. The van der Waals surface area contributed by atoms with Gasteiger partial charge in [-0.15, -0.1) is 0 Å². The summed E-state index contributed by atoms with van der Waals surface area (Å²) in [5, 5.41) is 15.8. The van der Waals surface area contributed by atoms with Gasteiger partial charge in [-0.25, -0.2) is 0 Å². The molecule has 0 fully saturated rings. The van der Waals surface area contributed by atoms with Crippen LogP contribution >= 0.6 is 0 Å². The number of nitrogens with zero attached hydrogens (tertiary/aromatic N) is 1. The summed E-state index contributed by atoms with van der Waals surface area (Å²) < 4.78 is 0. The quantitative estimate of drug-likeness (QED) is 0.763. The van der Waals surface area contributed by atoms with E-state index in [1.54, 1.807) is 12.3 Å². The van der Waals surface area contributed by atoms with E-state index in [9.17, 15) is 5.11 Å². The number of benzene rings is 2. The topological polar surface area (TPSA) is 45.1 Å². The lowest BCUT2D eigenvalue weighted by molar-refractivity contribution is 0.462. The van der Waals surface area contributed by atoms with Gasteiger partial charge in [0, 0.05) is 30.5 Å². The maximum atomic E-state index is 10.1. The van der Waals surface area contributed by atoms with Crippen LogP contribution in [0.4, 0.5) is 0 Å². The molecular formula is C18H18N2O. The van der Waals surface area contributed by atoms with Crippen LogP contribution in [0.3, 0.4) is 0 Å². The van der Waals surface area contributed by atoms with Crippen LogP contribution in [-0.2, 0) is 6.54 Å². The number of aromatic nitrogens is 1. The SMILES string of the molecule is C[C@H](NCc1c(O)ccc2ccccc12)c1cccnc1. The van der Waals surface area contributed by atoms with Gasteiger partial charge < -0.3 is 10.4 Å². The minimum atomic E-state index is 0.178. The monoisotopic (exact) mass is 278 g/mol. The molecule has 1 heterocycles. The second-order valence-corrected chi connectivity index (χ2v) is 5.17. The summed E-state index contributed by atoms with van der Waals surface area (Å²) in [6, 6.07) is 16.0. The maximum absolute atomic E-state index is 10.1. The second-order valence-electron chi connectivity index (χ2n) is 5.17. The van der Waals surface area contributed by atoms with Crippen molar-refractivity contribution in [2.45, 2.75) is 19.5 Å². The van der Waals surface area contributed by atoms with E-state index in [0.29, 0.717) is 12.3 Å². The van der Waals surface area contributed by atoms with Crippen LogP contribution in [0, 0.1) is 0 Å². The summed E-state index contributed by atoms with van der Waals surface area (Å²) in [5.41, 5.74) is 2.07. The van der Waals surface area contributed by atoms with Crippen LogP contribution < -0.4 is 5.32 Å². The second kappa shape index (κ2) is 5.94. The summed E-state index contributed by atoms with van der Waals surface area (Å²) in [6.07, 6.45) is 3.63. The van der Waals surface area contributed by atoms with Crippen molar-refractivity contribution >= 4 is 10.8 Å². The van der Waals surface area contributed by atoms with E-state index in [2.05, 4.69) is 23.3 Å². The smallest absolute Gasteiger partial charge is 0.120 e. The number of pyridine rings is 1. The van der Waals surface area contributed by atoms with Crippen molar-refractivity contribution in [3.63, 3.8) is 0 Å². The van der Waals surface area contributed by atoms with Crippen molar-refractivity contribution < 1.29 is 5.11 Å². The van der Waals surface area contributed by atoms with Crippen LogP contribution in [0.1, 0.15) is 24.1 Å². The predicted molar refractivity (Wildman–Crippen MR) is 85.1 cm³/mol. The number of hydrogen-bond acceptors (Lipinski definition) is 3. The highest BCUT2D eigenvalue weighted by Gasteiger charge is 2.09. The Hall–Kier alpha value is -2.39. The zero-order valence-electron chi connectivity index (χ0n) is 12.0. The van der Waals surface area contributed by atoms with Crippen molar-refractivity contribution in [1.82, 2.24) is 10.3 Å². The summed E-state index contributed by atoms with van der Waals surface area (Å²) in [6.45, 7) is 2.71. The van der Waals surface area contributed by atoms with E-state index >= 15 is 0 Å². The molecule has 0 aliphatic heterocycles. The van der Waals surface area contributed by atoms with Gasteiger partial charge in [-0.05, 0) is 35.4 Å². The molecule has 0 aliphatic rings. The molecule has 3 rings (SSSR count). The summed E-state index contributed by atoms with van der Waals surface area (Å²) >= 11 is 0. The summed E-state index contributed by atoms with van der Waals surface area (Å²) in [5.74, 6) is 0.333. The zero-order chi connectivity index (χ0) is 14.7. The molecular weight excluding hydrogens is 260 g/mol. The Morgan fingerprint density at radius 1 is 1.10 bits per heavy atom. The third kappa shape index (κ3) is 2.88. The van der Waals surface area contributed by atoms with Gasteiger partial charge in [0.05, 0.1) is 0 Å². The molecule has 0 bridgehead atoms. The minimum absolute atomic E-state index is 0.178. The average Bonchev–Trinajstić information content (AvgIpc) is 2.54. The molecule has 21 heavy (non-hydrogen) atoms. The lowest BCUT2D eigenvalue weighted by atomic mass is 10.0. The Morgan fingerprint density at radius 2 is 1.95 bits per heavy atom. The summed E-state index contributed by atoms with van der Waals surface area (Å²) in [7, 11) is 0. The molecule has 0 amide bonds. The highest BCUT2D eigenvalue weighted by Crippen LogP contribution is 2.27. The molecule has 106 valence electrons. The fourth-order valence-electron chi connectivity index (χ4n) is 2.52. The third-order valence-corrected chi connectivity index (χ3v) is 3.79. The molecule has 2 aromatic carbocycles. The van der Waals surface area contributed by atoms with Gasteiger partial charge in [-0.3, -0.25) is 4.98 Å². The van der Waals surface area contributed by atoms with Gasteiger partial charge in [0.2, 0.25) is 0 Å². The predicted octanol–water partition coefficient (Wildman–Crippen LogP) is 3.79. The highest BCUT2D eigenvalue weighted by molar-refractivity contribution is 5.87. The lowest BCUT2D eigenvalue weighted by Gasteiger charge is -2.16. The molecule has 0 saturated carbocycles. The first-order chi connectivity index (χ1) is 10.3. The fourth-order valence-corrected chi connectivity index (χ4v) is 2.52. The van der Waals surface area contributed by atoms with Crippen molar-refractivity contribution in [3.8, 4) is 5.75 Å². The molecule has 2 N–H and O–H groups in total. The maximum Gasteiger partial charge on any atom is 0.120 e. The van der Waals surface area contributed by atoms with Gasteiger partial charge in [0.25, 0.3) is 0 Å². The van der Waals surface area contributed by atoms with Crippen molar-refractivity contribution in [1.29, 1.82) is 0 Å². The first-order valence-electron chi connectivity index (χ1n) is 7.08. The molecule has 3 nitrogen and oxygen atoms in total. The minimum Gasteiger partial charge on any atom is -0.508 e. The largest absolute Gasteiger partial charge is 0.508 e. The molecule has 0 aliphatic carbocycles. The van der Waals surface area contributed by atoms with Crippen LogP contribution in [-0.4, -0.2) is 10.1 Å². The Morgan fingerprint density at radius 3 is 2.76 bits per heavy atom. The molecule has 3 aromatic rings. The third-order valence-electron chi connectivity index (χ3n) is 3.79.